The first kappa shape index (κ1) is 19.0. The van der Waals surface area contributed by atoms with Gasteiger partial charge >= 0.3 is 13.1 Å². The lowest BCUT2D eigenvalue weighted by atomic mass is 9.65. The third kappa shape index (κ3) is 3.67. The molecule has 0 bridgehead atoms. The van der Waals surface area contributed by atoms with Crippen LogP contribution in [0, 0.1) is 13.8 Å². The van der Waals surface area contributed by atoms with Gasteiger partial charge in [-0.15, -0.1) is 0 Å². The minimum absolute atomic E-state index is 0.190. The highest BCUT2D eigenvalue weighted by molar-refractivity contribution is 6.48. The zero-order valence-electron chi connectivity index (χ0n) is 15.9. The van der Waals surface area contributed by atoms with Crippen LogP contribution in [-0.2, 0) is 18.8 Å². The third-order valence-electron chi connectivity index (χ3n) is 5.34. The Labute approximate surface area is 146 Å². The molecule has 4 nitrogen and oxygen atoms in total. The van der Waals surface area contributed by atoms with Gasteiger partial charge in [0, 0.05) is 5.82 Å². The van der Waals surface area contributed by atoms with Gasteiger partial charge in [-0.1, -0.05) is 18.2 Å². The van der Waals surface area contributed by atoms with E-state index in [9.17, 15) is 4.79 Å². The molecule has 1 unspecified atom stereocenters. The highest BCUT2D eigenvalue weighted by Crippen LogP contribution is 2.42. The summed E-state index contributed by atoms with van der Waals surface area (Å²) in [6.45, 7) is 14.4. The van der Waals surface area contributed by atoms with Gasteiger partial charge in [0.2, 0.25) is 0 Å². The van der Waals surface area contributed by atoms with Crippen molar-refractivity contribution in [2.45, 2.75) is 71.9 Å². The Morgan fingerprint density at radius 2 is 1.75 bits per heavy atom. The first-order valence-electron chi connectivity index (χ1n) is 8.66. The van der Waals surface area contributed by atoms with Crippen LogP contribution in [0.3, 0.4) is 0 Å². The van der Waals surface area contributed by atoms with E-state index in [1.54, 1.807) is 0 Å². The van der Waals surface area contributed by atoms with Gasteiger partial charge in [0.25, 0.3) is 0 Å². The Hall–Kier alpha value is -1.33. The lowest BCUT2D eigenvalue weighted by Gasteiger charge is -2.32. The molecule has 0 radical (unpaired) electrons. The Morgan fingerprint density at radius 3 is 2.29 bits per heavy atom. The smallest absolute Gasteiger partial charge is 0.466 e. The molecule has 1 fully saturated rings. The van der Waals surface area contributed by atoms with E-state index in [0.717, 1.165) is 5.56 Å². The standard InChI is InChI=1S/C19H29BO4/c1-8-22-17(21)12-16(15-11-9-10-13(2)14(15)3)20-23-18(4,5)19(6,7)24-20/h9-11,16H,8,12H2,1-7H3. The summed E-state index contributed by atoms with van der Waals surface area (Å²) in [5.41, 5.74) is 2.59. The van der Waals surface area contributed by atoms with Crippen LogP contribution in [0.15, 0.2) is 18.2 Å². The number of carbonyl (C=O) groups is 1. The van der Waals surface area contributed by atoms with Crippen molar-refractivity contribution in [2.24, 2.45) is 0 Å². The topological polar surface area (TPSA) is 44.8 Å². The molecule has 24 heavy (non-hydrogen) atoms. The molecule has 0 aliphatic carbocycles. The van der Waals surface area contributed by atoms with E-state index in [0.29, 0.717) is 6.61 Å². The Balaban J connectivity index is 2.37. The lowest BCUT2D eigenvalue weighted by molar-refractivity contribution is -0.143. The minimum atomic E-state index is -0.472. The number of hydrogen-bond donors (Lipinski definition) is 0. The maximum Gasteiger partial charge on any atom is 0.466 e. The number of carbonyl (C=O) groups excluding carboxylic acids is 1. The van der Waals surface area contributed by atoms with Crippen LogP contribution in [0.2, 0.25) is 0 Å². The predicted molar refractivity (Wildman–Crippen MR) is 96.0 cm³/mol. The number of rotatable bonds is 5. The van der Waals surface area contributed by atoms with Gasteiger partial charge in [-0.3, -0.25) is 4.79 Å². The number of esters is 1. The van der Waals surface area contributed by atoms with Crippen LogP contribution in [-0.4, -0.2) is 30.9 Å². The van der Waals surface area contributed by atoms with Crippen LogP contribution < -0.4 is 0 Å². The van der Waals surface area contributed by atoms with Gasteiger partial charge in [0.15, 0.2) is 0 Å². The van der Waals surface area contributed by atoms with Gasteiger partial charge < -0.3 is 14.0 Å². The fourth-order valence-corrected chi connectivity index (χ4v) is 2.98. The fraction of sp³-hybridized carbons (Fsp3) is 0.632. The quantitative estimate of drug-likeness (QED) is 0.604. The molecule has 132 valence electrons. The highest BCUT2D eigenvalue weighted by Gasteiger charge is 2.54. The maximum absolute atomic E-state index is 12.2. The van der Waals surface area contributed by atoms with Crippen molar-refractivity contribution >= 4 is 13.1 Å². The van der Waals surface area contributed by atoms with E-state index in [2.05, 4.69) is 26.0 Å². The van der Waals surface area contributed by atoms with Gasteiger partial charge in [-0.2, -0.15) is 0 Å². The van der Waals surface area contributed by atoms with Crippen molar-refractivity contribution < 1.29 is 18.8 Å². The average molecular weight is 332 g/mol. The SMILES string of the molecule is CCOC(=O)CC(B1OC(C)(C)C(C)(C)O1)c1cccc(C)c1C. The molecule has 5 heteroatoms. The third-order valence-corrected chi connectivity index (χ3v) is 5.34. The normalized spacial score (nSPS) is 20.0. The molecule has 1 saturated heterocycles. The highest BCUT2D eigenvalue weighted by atomic mass is 16.7. The molecule has 1 aromatic rings. The number of aryl methyl sites for hydroxylation is 1. The first-order chi connectivity index (χ1) is 11.1. The van der Waals surface area contributed by atoms with Crippen LogP contribution in [0.4, 0.5) is 0 Å². The monoisotopic (exact) mass is 332 g/mol. The Kier molecular flexibility index (Phi) is 5.45. The molecule has 1 heterocycles. The van der Waals surface area contributed by atoms with Crippen LogP contribution >= 0.6 is 0 Å². The predicted octanol–water partition coefficient (Wildman–Crippen LogP) is 3.97. The summed E-state index contributed by atoms with van der Waals surface area (Å²) in [5, 5.41) is 0. The molecule has 0 spiro atoms. The second-order valence-corrected chi connectivity index (χ2v) is 7.53. The van der Waals surface area contributed by atoms with E-state index in [1.807, 2.05) is 40.7 Å². The largest absolute Gasteiger partial charge is 0.466 e. The van der Waals surface area contributed by atoms with Gasteiger partial charge in [0.05, 0.1) is 24.2 Å². The van der Waals surface area contributed by atoms with Crippen molar-refractivity contribution in [3.63, 3.8) is 0 Å². The molecular formula is C19H29BO4. The summed E-state index contributed by atoms with van der Waals surface area (Å²) >= 11 is 0. The summed E-state index contributed by atoms with van der Waals surface area (Å²) < 4.78 is 17.6. The van der Waals surface area contributed by atoms with E-state index in [1.165, 1.54) is 11.1 Å². The van der Waals surface area contributed by atoms with Crippen molar-refractivity contribution in [1.29, 1.82) is 0 Å². The lowest BCUT2D eigenvalue weighted by Crippen LogP contribution is -2.41. The Bertz CT molecular complexity index is 593. The van der Waals surface area contributed by atoms with E-state index >= 15 is 0 Å². The van der Waals surface area contributed by atoms with E-state index in [-0.39, 0.29) is 18.2 Å². The van der Waals surface area contributed by atoms with Crippen LogP contribution in [0.5, 0.6) is 0 Å². The summed E-state index contributed by atoms with van der Waals surface area (Å²) in [6, 6.07) is 6.14. The molecular weight excluding hydrogens is 303 g/mol. The van der Waals surface area contributed by atoms with E-state index in [4.69, 9.17) is 14.0 Å². The van der Waals surface area contributed by atoms with Gasteiger partial charge in [-0.25, -0.2) is 0 Å². The summed E-state index contributed by atoms with van der Waals surface area (Å²) in [4.78, 5) is 12.2. The van der Waals surface area contributed by atoms with Crippen LogP contribution in [0.1, 0.15) is 63.5 Å². The van der Waals surface area contributed by atoms with Gasteiger partial charge in [0.1, 0.15) is 0 Å². The van der Waals surface area contributed by atoms with Crippen molar-refractivity contribution in [3.8, 4) is 0 Å². The minimum Gasteiger partial charge on any atom is -0.466 e. The second-order valence-electron chi connectivity index (χ2n) is 7.53. The second kappa shape index (κ2) is 6.89. The van der Waals surface area contributed by atoms with Crippen molar-refractivity contribution in [3.05, 3.63) is 34.9 Å². The molecule has 1 atom stereocenters. The van der Waals surface area contributed by atoms with E-state index < -0.39 is 18.3 Å². The van der Waals surface area contributed by atoms with Gasteiger partial charge in [-0.05, 0) is 65.2 Å². The zero-order chi connectivity index (χ0) is 18.1. The number of hydrogen-bond acceptors (Lipinski definition) is 4. The Morgan fingerprint density at radius 1 is 1.17 bits per heavy atom. The summed E-state index contributed by atoms with van der Waals surface area (Å²) in [5.74, 6) is -0.414. The molecule has 0 saturated carbocycles. The number of benzene rings is 1. The number of ether oxygens (including phenoxy) is 1. The molecule has 0 N–H and O–H groups in total. The summed E-state index contributed by atoms with van der Waals surface area (Å²) in [7, 11) is -0.472. The molecule has 1 aliphatic rings. The van der Waals surface area contributed by atoms with Crippen molar-refractivity contribution in [2.75, 3.05) is 6.61 Å². The fourth-order valence-electron chi connectivity index (χ4n) is 2.98. The zero-order valence-corrected chi connectivity index (χ0v) is 15.9. The van der Waals surface area contributed by atoms with Crippen LogP contribution in [0.25, 0.3) is 0 Å². The molecule has 0 amide bonds. The molecule has 0 aromatic heterocycles. The average Bonchev–Trinajstić information content (AvgIpc) is 2.68. The maximum atomic E-state index is 12.2. The summed E-state index contributed by atoms with van der Waals surface area (Å²) in [6.07, 6.45) is 0.245. The molecule has 2 rings (SSSR count). The first-order valence-corrected chi connectivity index (χ1v) is 8.66. The molecule has 1 aromatic carbocycles. The van der Waals surface area contributed by atoms with Crippen molar-refractivity contribution in [1.82, 2.24) is 0 Å². The molecule has 1 aliphatic heterocycles.